The molecule has 0 aliphatic rings. The van der Waals surface area contributed by atoms with Gasteiger partial charge in [0.1, 0.15) is 5.75 Å². The molecule has 1 rings (SSSR count). The third kappa shape index (κ3) is 2.29. The van der Waals surface area contributed by atoms with Gasteiger partial charge in [0.25, 0.3) is 6.36 Å². The van der Waals surface area contributed by atoms with Crippen LogP contribution in [0.2, 0.25) is 0 Å². The number of Topliss-reactive ketones (excluding diaryl/α,β-unsaturated/α-hetero) is 1. The number of rotatable bonds is 4. The van der Waals surface area contributed by atoms with Gasteiger partial charge >= 0.3 is 0 Å². The van der Waals surface area contributed by atoms with E-state index in [-0.39, 0.29) is 5.56 Å². The van der Waals surface area contributed by atoms with Crippen LogP contribution in [0.4, 0.5) is 4.39 Å². The molecule has 0 saturated heterocycles. The average Bonchev–Trinajstić information content (AvgIpc) is 2.27. The van der Waals surface area contributed by atoms with E-state index >= 15 is 0 Å². The summed E-state index contributed by atoms with van der Waals surface area (Å²) < 4.78 is 22.0. The van der Waals surface area contributed by atoms with Crippen LogP contribution in [0.5, 0.6) is 5.75 Å². The maximum atomic E-state index is 12.8. The molecule has 3 nitrogen and oxygen atoms in total. The van der Waals surface area contributed by atoms with Crippen LogP contribution < -0.4 is 4.74 Å². The molecule has 76 valence electrons. The van der Waals surface area contributed by atoms with Gasteiger partial charge in [-0.05, 0) is 24.3 Å². The standard InChI is InChI=1S/C10H11FO3/c1-13-8-5-3-7(4-6-8)9(12)10(11)14-2/h3-6,10H,1-2H3/t10-/m1/s1/i11-1. The summed E-state index contributed by atoms with van der Waals surface area (Å²) >= 11 is 0. The molecule has 0 fully saturated rings. The zero-order valence-corrected chi connectivity index (χ0v) is 7.99. The fourth-order valence-corrected chi connectivity index (χ4v) is 0.993. The Hall–Kier alpha value is -1.42. The van der Waals surface area contributed by atoms with Crippen molar-refractivity contribution in [3.63, 3.8) is 0 Å². The first kappa shape index (κ1) is 10.7. The first-order chi connectivity index (χ1) is 6.69. The molecule has 0 N–H and O–H groups in total. The predicted octanol–water partition coefficient (Wildman–Crippen LogP) is 1.82. The van der Waals surface area contributed by atoms with E-state index in [1.807, 2.05) is 0 Å². The molecule has 14 heavy (non-hydrogen) atoms. The van der Waals surface area contributed by atoms with Gasteiger partial charge in [-0.1, -0.05) is 0 Å². The van der Waals surface area contributed by atoms with Gasteiger partial charge in [-0.25, -0.2) is 4.39 Å². The summed E-state index contributed by atoms with van der Waals surface area (Å²) in [6.45, 7) is 0. The molecule has 1 aromatic rings. The Morgan fingerprint density at radius 2 is 1.86 bits per heavy atom. The van der Waals surface area contributed by atoms with Crippen molar-refractivity contribution in [2.24, 2.45) is 0 Å². The lowest BCUT2D eigenvalue weighted by atomic mass is 10.1. The lowest BCUT2D eigenvalue weighted by molar-refractivity contribution is 0.00542. The lowest BCUT2D eigenvalue weighted by Crippen LogP contribution is -2.17. The summed E-state index contributed by atoms with van der Waals surface area (Å²) in [4.78, 5) is 11.2. The van der Waals surface area contributed by atoms with E-state index in [0.717, 1.165) is 7.11 Å². The van der Waals surface area contributed by atoms with Crippen molar-refractivity contribution >= 4 is 5.78 Å². The van der Waals surface area contributed by atoms with Crippen molar-refractivity contribution in [2.45, 2.75) is 6.36 Å². The van der Waals surface area contributed by atoms with Crippen molar-refractivity contribution in [3.8, 4) is 5.75 Å². The topological polar surface area (TPSA) is 35.5 Å². The normalized spacial score (nSPS) is 12.2. The second-order valence-electron chi connectivity index (χ2n) is 2.64. The summed E-state index contributed by atoms with van der Waals surface area (Å²) in [7, 11) is 2.66. The number of carbonyl (C=O) groups is 1. The Kier molecular flexibility index (Phi) is 3.59. The van der Waals surface area contributed by atoms with Crippen LogP contribution in [0.3, 0.4) is 0 Å². The fourth-order valence-electron chi connectivity index (χ4n) is 0.993. The molecule has 0 radical (unpaired) electrons. The Balaban J connectivity index is 2.81. The molecule has 1 aromatic carbocycles. The molecule has 4 heteroatoms. The smallest absolute Gasteiger partial charge is 0.262 e. The van der Waals surface area contributed by atoms with Crippen molar-refractivity contribution in [1.82, 2.24) is 0 Å². The number of benzene rings is 1. The summed E-state index contributed by atoms with van der Waals surface area (Å²) in [5.74, 6) is -0.0653. The minimum Gasteiger partial charge on any atom is -0.497 e. The monoisotopic (exact) mass is 197 g/mol. The zero-order valence-electron chi connectivity index (χ0n) is 7.99. The maximum Gasteiger partial charge on any atom is 0.262 e. The molecule has 0 aliphatic carbocycles. The molecule has 0 spiro atoms. The molecule has 0 aromatic heterocycles. The largest absolute Gasteiger partial charge is 0.497 e. The van der Waals surface area contributed by atoms with Crippen LogP contribution >= 0.6 is 0 Å². The second kappa shape index (κ2) is 4.72. The van der Waals surface area contributed by atoms with Gasteiger partial charge in [0.05, 0.1) is 7.11 Å². The van der Waals surface area contributed by atoms with Gasteiger partial charge in [-0.3, -0.25) is 4.79 Å². The van der Waals surface area contributed by atoms with Crippen LogP contribution in [-0.4, -0.2) is 26.4 Å². The van der Waals surface area contributed by atoms with E-state index < -0.39 is 12.1 Å². The first-order valence-corrected chi connectivity index (χ1v) is 4.04. The van der Waals surface area contributed by atoms with Gasteiger partial charge < -0.3 is 9.47 Å². The van der Waals surface area contributed by atoms with Gasteiger partial charge in [0.15, 0.2) is 0 Å². The minimum atomic E-state index is -1.90. The summed E-state index contributed by atoms with van der Waals surface area (Å²) in [5, 5.41) is 0. The molecule has 0 amide bonds. The molecule has 0 saturated carbocycles. The number of ketones is 1. The highest BCUT2D eigenvalue weighted by atomic mass is 18.2. The van der Waals surface area contributed by atoms with Gasteiger partial charge in [0.2, 0.25) is 5.78 Å². The Labute approximate surface area is 81.4 Å². The van der Waals surface area contributed by atoms with E-state index in [1.165, 1.54) is 19.2 Å². The van der Waals surface area contributed by atoms with E-state index in [9.17, 15) is 9.18 Å². The van der Waals surface area contributed by atoms with Crippen LogP contribution in [0.25, 0.3) is 0 Å². The molecule has 0 unspecified atom stereocenters. The van der Waals surface area contributed by atoms with Crippen molar-refractivity contribution < 1.29 is 18.7 Å². The maximum absolute atomic E-state index is 12.8. The molecular formula is C10H11FO3. The summed E-state index contributed by atoms with van der Waals surface area (Å²) in [5.41, 5.74) is 0.264. The number of methoxy groups -OCH3 is 2. The quantitative estimate of drug-likeness (QED) is 0.690. The number of hydrogen-bond donors (Lipinski definition) is 0. The number of alkyl halides is 1. The van der Waals surface area contributed by atoms with Gasteiger partial charge in [-0.2, -0.15) is 0 Å². The Morgan fingerprint density at radius 1 is 1.29 bits per heavy atom. The lowest BCUT2D eigenvalue weighted by Gasteiger charge is -2.05. The third-order valence-corrected chi connectivity index (χ3v) is 1.79. The summed E-state index contributed by atoms with van der Waals surface area (Å²) in [6, 6.07) is 6.17. The Bertz CT molecular complexity index is 308. The molecule has 0 heterocycles. The molecule has 0 aliphatic heterocycles. The number of ether oxygens (including phenoxy) is 2. The first-order valence-electron chi connectivity index (χ1n) is 4.04. The van der Waals surface area contributed by atoms with Crippen molar-refractivity contribution in [1.29, 1.82) is 0 Å². The fraction of sp³-hybridized carbons (Fsp3) is 0.300. The van der Waals surface area contributed by atoms with Crippen LogP contribution in [0.1, 0.15) is 10.4 Å². The van der Waals surface area contributed by atoms with Gasteiger partial charge in [0, 0.05) is 12.7 Å². The van der Waals surface area contributed by atoms with Crippen molar-refractivity contribution in [3.05, 3.63) is 29.8 Å². The minimum absolute atomic E-state index is 0.264. The zero-order chi connectivity index (χ0) is 10.6. The van der Waals surface area contributed by atoms with Crippen LogP contribution in [0, 0.1) is 0 Å². The highest BCUT2D eigenvalue weighted by Crippen LogP contribution is 2.13. The van der Waals surface area contributed by atoms with E-state index in [1.54, 1.807) is 12.1 Å². The second-order valence-corrected chi connectivity index (χ2v) is 2.64. The highest BCUT2D eigenvalue weighted by molar-refractivity contribution is 5.98. The van der Waals surface area contributed by atoms with E-state index in [0.29, 0.717) is 5.75 Å². The van der Waals surface area contributed by atoms with Crippen LogP contribution in [0.15, 0.2) is 24.3 Å². The molecule has 1 atom stereocenters. The number of carbonyl (C=O) groups excluding carboxylic acids is 1. The average molecular weight is 197 g/mol. The van der Waals surface area contributed by atoms with E-state index in [2.05, 4.69) is 4.74 Å². The highest BCUT2D eigenvalue weighted by Gasteiger charge is 2.17. The Morgan fingerprint density at radius 3 is 2.29 bits per heavy atom. The molecule has 0 bridgehead atoms. The summed E-state index contributed by atoms with van der Waals surface area (Å²) in [6.07, 6.45) is -1.90. The number of halogens is 1. The number of hydrogen-bond acceptors (Lipinski definition) is 3. The van der Waals surface area contributed by atoms with E-state index in [4.69, 9.17) is 4.74 Å². The molecular weight excluding hydrogens is 186 g/mol. The predicted molar refractivity (Wildman–Crippen MR) is 49.2 cm³/mol. The van der Waals surface area contributed by atoms with Gasteiger partial charge in [-0.15, -0.1) is 0 Å². The third-order valence-electron chi connectivity index (χ3n) is 1.79. The SMILES string of the molecule is COc1ccc(C(=O)[C@H]([18F])OC)cc1. The van der Waals surface area contributed by atoms with Crippen molar-refractivity contribution in [2.75, 3.05) is 14.2 Å². The van der Waals surface area contributed by atoms with Crippen LogP contribution in [-0.2, 0) is 4.74 Å².